The van der Waals surface area contributed by atoms with Crippen LogP contribution in [0.3, 0.4) is 0 Å². The van der Waals surface area contributed by atoms with Crippen molar-refractivity contribution in [2.24, 2.45) is 5.73 Å². The molecular weight excluding hydrogens is 380 g/mol. The number of halogens is 1. The Morgan fingerprint density at radius 2 is 1.85 bits per heavy atom. The molecule has 0 bridgehead atoms. The van der Waals surface area contributed by atoms with Gasteiger partial charge in [0, 0.05) is 22.9 Å². The van der Waals surface area contributed by atoms with E-state index in [4.69, 9.17) is 10.2 Å². The van der Waals surface area contributed by atoms with Gasteiger partial charge >= 0.3 is 0 Å². The molecule has 0 saturated carbocycles. The Morgan fingerprint density at radius 1 is 1.07 bits per heavy atom. The smallest absolute Gasteiger partial charge is 0.276 e. The number of fused-ring (bicyclic) bond motifs is 1. The van der Waals surface area contributed by atoms with Crippen LogP contribution in [-0.4, -0.2) is 15.2 Å². The van der Waals surface area contributed by atoms with E-state index in [2.05, 4.69) is 46.4 Å². The number of H-pyrrole nitrogens is 1. The molecule has 0 fully saturated rings. The quantitative estimate of drug-likeness (QED) is 0.453. The highest BCUT2D eigenvalue weighted by molar-refractivity contribution is 7.98. The first kappa shape index (κ1) is 19.5. The van der Waals surface area contributed by atoms with E-state index in [1.54, 1.807) is 0 Å². The number of hydrogen-bond donors (Lipinski definition) is 2. The van der Waals surface area contributed by atoms with E-state index < -0.39 is 0 Å². The first-order valence-electron chi connectivity index (χ1n) is 8.52. The standard InChI is InChI=1S/C20H20N4OS.ClH/c1-13-6-2-3-7-14(13)12-26-20-24-23-19(25-20)17(21)10-15-11-22-18-9-5-4-8-16(15)18;/h2-9,11,17,22H,10,12,21H2,1H3;1H/t17-;/m0./s1. The van der Waals surface area contributed by atoms with Gasteiger partial charge in [-0.2, -0.15) is 0 Å². The molecule has 7 heteroatoms. The number of rotatable bonds is 6. The van der Waals surface area contributed by atoms with Gasteiger partial charge in [0.15, 0.2) is 0 Å². The summed E-state index contributed by atoms with van der Waals surface area (Å²) in [5.41, 5.74) is 11.1. The monoisotopic (exact) mass is 400 g/mol. The van der Waals surface area contributed by atoms with Crippen molar-refractivity contribution in [3.63, 3.8) is 0 Å². The Hall–Kier alpha value is -2.28. The van der Waals surface area contributed by atoms with Crippen LogP contribution in [0.5, 0.6) is 0 Å². The average molecular weight is 401 g/mol. The van der Waals surface area contributed by atoms with Crippen LogP contribution in [0.15, 0.2) is 64.4 Å². The Morgan fingerprint density at radius 3 is 2.70 bits per heavy atom. The third kappa shape index (κ3) is 4.35. The number of aromatic amines is 1. The second kappa shape index (κ2) is 8.61. The molecule has 3 N–H and O–H groups in total. The summed E-state index contributed by atoms with van der Waals surface area (Å²) in [7, 11) is 0. The number of hydrogen-bond acceptors (Lipinski definition) is 5. The van der Waals surface area contributed by atoms with Crippen molar-refractivity contribution >= 4 is 35.1 Å². The Labute approximate surface area is 168 Å². The van der Waals surface area contributed by atoms with Crippen molar-refractivity contribution in [2.75, 3.05) is 0 Å². The van der Waals surface area contributed by atoms with Crippen LogP contribution < -0.4 is 5.73 Å². The summed E-state index contributed by atoms with van der Waals surface area (Å²) in [5.74, 6) is 1.27. The molecule has 5 nitrogen and oxygen atoms in total. The van der Waals surface area contributed by atoms with Crippen molar-refractivity contribution in [1.29, 1.82) is 0 Å². The molecule has 2 heterocycles. The van der Waals surface area contributed by atoms with Gasteiger partial charge < -0.3 is 15.1 Å². The number of aromatic nitrogens is 3. The Kier molecular flexibility index (Phi) is 6.21. The van der Waals surface area contributed by atoms with E-state index in [0.717, 1.165) is 16.8 Å². The molecule has 2 aromatic carbocycles. The van der Waals surface area contributed by atoms with Crippen LogP contribution in [0.25, 0.3) is 10.9 Å². The molecule has 0 radical (unpaired) electrons. The molecule has 0 saturated heterocycles. The molecule has 4 rings (SSSR count). The van der Waals surface area contributed by atoms with E-state index in [1.807, 2.05) is 30.5 Å². The van der Waals surface area contributed by atoms with Gasteiger partial charge in [-0.3, -0.25) is 0 Å². The van der Waals surface area contributed by atoms with Crippen molar-refractivity contribution in [3.05, 3.63) is 77.3 Å². The normalized spacial score (nSPS) is 12.1. The molecule has 4 aromatic rings. The lowest BCUT2D eigenvalue weighted by atomic mass is 10.1. The molecule has 0 aliphatic carbocycles. The molecule has 0 unspecified atom stereocenters. The maximum atomic E-state index is 6.30. The number of benzene rings is 2. The van der Waals surface area contributed by atoms with Crippen molar-refractivity contribution in [1.82, 2.24) is 15.2 Å². The van der Waals surface area contributed by atoms with Crippen molar-refractivity contribution in [2.45, 2.75) is 30.4 Å². The highest BCUT2D eigenvalue weighted by atomic mass is 35.5. The lowest BCUT2D eigenvalue weighted by molar-refractivity contribution is 0.385. The van der Waals surface area contributed by atoms with Crippen LogP contribution in [-0.2, 0) is 12.2 Å². The molecule has 0 spiro atoms. The van der Waals surface area contributed by atoms with E-state index in [-0.39, 0.29) is 18.4 Å². The third-order valence-electron chi connectivity index (χ3n) is 4.47. The summed E-state index contributed by atoms with van der Waals surface area (Å²) in [5, 5.41) is 10.0. The maximum Gasteiger partial charge on any atom is 0.276 e. The van der Waals surface area contributed by atoms with E-state index in [1.165, 1.54) is 28.3 Å². The number of nitrogens with one attached hydrogen (secondary N) is 1. The van der Waals surface area contributed by atoms with Gasteiger partial charge in [-0.05, 0) is 36.1 Å². The number of thioether (sulfide) groups is 1. The zero-order valence-corrected chi connectivity index (χ0v) is 16.5. The fraction of sp³-hybridized carbons (Fsp3) is 0.200. The number of nitrogens with zero attached hydrogens (tertiary/aromatic N) is 2. The number of para-hydroxylation sites is 1. The summed E-state index contributed by atoms with van der Waals surface area (Å²) in [6.07, 6.45) is 2.64. The minimum absolute atomic E-state index is 0. The van der Waals surface area contributed by atoms with Crippen molar-refractivity contribution < 1.29 is 4.42 Å². The molecule has 0 aliphatic heterocycles. The largest absolute Gasteiger partial charge is 0.414 e. The highest BCUT2D eigenvalue weighted by Gasteiger charge is 2.17. The molecule has 1 atom stereocenters. The molecule has 140 valence electrons. The maximum absolute atomic E-state index is 6.30. The number of nitrogens with two attached hydrogens (primary N) is 1. The minimum Gasteiger partial charge on any atom is -0.414 e. The summed E-state index contributed by atoms with van der Waals surface area (Å²) in [6.45, 7) is 2.10. The van der Waals surface area contributed by atoms with E-state index in [9.17, 15) is 0 Å². The zero-order chi connectivity index (χ0) is 17.9. The zero-order valence-electron chi connectivity index (χ0n) is 14.9. The van der Waals surface area contributed by atoms with Gasteiger partial charge in [0.1, 0.15) is 0 Å². The van der Waals surface area contributed by atoms with E-state index in [0.29, 0.717) is 17.5 Å². The van der Waals surface area contributed by atoms with Crippen molar-refractivity contribution in [3.8, 4) is 0 Å². The topological polar surface area (TPSA) is 80.7 Å². The molecule has 0 amide bonds. The Bertz CT molecular complexity index is 1030. The minimum atomic E-state index is -0.325. The molecule has 27 heavy (non-hydrogen) atoms. The highest BCUT2D eigenvalue weighted by Crippen LogP contribution is 2.26. The predicted octanol–water partition coefficient (Wildman–Crippen LogP) is 4.82. The third-order valence-corrected chi connectivity index (χ3v) is 5.33. The van der Waals surface area contributed by atoms with Gasteiger partial charge in [-0.15, -0.1) is 22.6 Å². The molecular formula is C20H21ClN4OS. The number of aryl methyl sites for hydroxylation is 1. The van der Waals surface area contributed by atoms with Gasteiger partial charge in [-0.25, -0.2) is 0 Å². The van der Waals surface area contributed by atoms with Gasteiger partial charge in [0.2, 0.25) is 5.89 Å². The van der Waals surface area contributed by atoms with Gasteiger partial charge in [0.05, 0.1) is 6.04 Å². The second-order valence-electron chi connectivity index (χ2n) is 6.29. The lowest BCUT2D eigenvalue weighted by Gasteiger charge is -2.06. The van der Waals surface area contributed by atoms with Crippen LogP contribution in [0.4, 0.5) is 0 Å². The fourth-order valence-electron chi connectivity index (χ4n) is 2.96. The second-order valence-corrected chi connectivity index (χ2v) is 7.22. The summed E-state index contributed by atoms with van der Waals surface area (Å²) in [6, 6.07) is 16.2. The van der Waals surface area contributed by atoms with Gasteiger partial charge in [0.25, 0.3) is 5.22 Å². The average Bonchev–Trinajstić information content (AvgIpc) is 3.29. The molecule has 2 aromatic heterocycles. The lowest BCUT2D eigenvalue weighted by Crippen LogP contribution is -2.13. The SMILES string of the molecule is Cc1ccccc1CSc1nnc([C@@H](N)Cc2c[nH]c3ccccc23)o1.Cl. The first-order chi connectivity index (χ1) is 12.7. The van der Waals surface area contributed by atoms with Gasteiger partial charge in [-0.1, -0.05) is 54.2 Å². The summed E-state index contributed by atoms with van der Waals surface area (Å²) < 4.78 is 5.77. The molecule has 0 aliphatic rings. The van der Waals surface area contributed by atoms with Crippen LogP contribution in [0.2, 0.25) is 0 Å². The first-order valence-corrected chi connectivity index (χ1v) is 9.50. The summed E-state index contributed by atoms with van der Waals surface area (Å²) >= 11 is 1.53. The van der Waals surface area contributed by atoms with E-state index >= 15 is 0 Å². The Balaban J connectivity index is 0.00000210. The van der Waals surface area contributed by atoms with Crippen LogP contribution in [0, 0.1) is 6.92 Å². The fourth-order valence-corrected chi connectivity index (χ4v) is 3.81. The summed E-state index contributed by atoms with van der Waals surface area (Å²) in [4.78, 5) is 3.27. The van der Waals surface area contributed by atoms with Crippen LogP contribution in [0.1, 0.15) is 28.6 Å². The van der Waals surface area contributed by atoms with Crippen LogP contribution >= 0.6 is 24.2 Å². The predicted molar refractivity (Wildman–Crippen MR) is 111 cm³/mol.